The van der Waals surface area contributed by atoms with Crippen molar-refractivity contribution in [3.8, 4) is 0 Å². The molecular formula is C21H29FO2S2. The van der Waals surface area contributed by atoms with Gasteiger partial charge in [-0.2, -0.15) is 12.6 Å². The van der Waals surface area contributed by atoms with Crippen molar-refractivity contribution in [1.82, 2.24) is 0 Å². The maximum Gasteiger partial charge on any atom is 0.178 e. The first-order valence-electron chi connectivity index (χ1n) is 9.80. The molecule has 4 rings (SSSR count). The Hall–Kier alpha value is -0.260. The number of alkyl halides is 1. The van der Waals surface area contributed by atoms with Crippen LogP contribution in [0.25, 0.3) is 0 Å². The highest BCUT2D eigenvalue weighted by Gasteiger charge is 2.72. The topological polar surface area (TPSA) is 37.3 Å². The van der Waals surface area contributed by atoms with Crippen LogP contribution < -0.4 is 0 Å². The summed E-state index contributed by atoms with van der Waals surface area (Å²) in [6.45, 7) is 6.24. The number of thioether (sulfide) groups is 1. The van der Waals surface area contributed by atoms with Crippen molar-refractivity contribution in [3.05, 3.63) is 23.8 Å². The lowest BCUT2D eigenvalue weighted by atomic mass is 9.46. The van der Waals surface area contributed by atoms with Gasteiger partial charge in [-0.1, -0.05) is 25.5 Å². The van der Waals surface area contributed by atoms with Crippen LogP contribution in [0.2, 0.25) is 0 Å². The fourth-order valence-corrected chi connectivity index (χ4v) is 8.73. The van der Waals surface area contributed by atoms with Gasteiger partial charge < -0.3 is 5.11 Å². The zero-order valence-electron chi connectivity index (χ0n) is 15.8. The Labute approximate surface area is 165 Å². The molecule has 144 valence electrons. The minimum absolute atomic E-state index is 0.0655. The molecule has 0 aliphatic heterocycles. The first-order chi connectivity index (χ1) is 12.1. The smallest absolute Gasteiger partial charge is 0.178 e. The highest BCUT2D eigenvalue weighted by Crippen LogP contribution is 2.72. The molecule has 3 saturated carbocycles. The number of carbonyl (C=O) groups excluding carboxylic acids is 1. The molecule has 0 heterocycles. The fourth-order valence-electron chi connectivity index (χ4n) is 6.65. The van der Waals surface area contributed by atoms with Crippen LogP contribution in [0.5, 0.6) is 0 Å². The molecule has 0 amide bonds. The second-order valence-corrected chi connectivity index (χ2v) is 11.6. The van der Waals surface area contributed by atoms with Crippen LogP contribution in [0.15, 0.2) is 23.8 Å². The van der Waals surface area contributed by atoms with Gasteiger partial charge in [-0.05, 0) is 68.3 Å². The number of rotatable bonds is 2. The highest BCUT2D eigenvalue weighted by atomic mass is 32.2. The van der Waals surface area contributed by atoms with Gasteiger partial charge in [0.05, 0.1) is 10.2 Å². The molecule has 0 radical (unpaired) electrons. The summed E-state index contributed by atoms with van der Waals surface area (Å²) in [6.07, 6.45) is 7.58. The molecule has 2 nitrogen and oxygen atoms in total. The molecule has 26 heavy (non-hydrogen) atoms. The van der Waals surface area contributed by atoms with E-state index in [0.717, 1.165) is 30.6 Å². The van der Waals surface area contributed by atoms with Crippen LogP contribution in [-0.4, -0.2) is 32.5 Å². The van der Waals surface area contributed by atoms with Crippen molar-refractivity contribution >= 4 is 30.2 Å². The van der Waals surface area contributed by atoms with E-state index >= 15 is 4.39 Å². The van der Waals surface area contributed by atoms with E-state index in [-0.39, 0.29) is 27.1 Å². The maximum absolute atomic E-state index is 16.8. The van der Waals surface area contributed by atoms with Gasteiger partial charge in [0.2, 0.25) is 0 Å². The monoisotopic (exact) mass is 396 g/mol. The summed E-state index contributed by atoms with van der Waals surface area (Å²) in [6, 6.07) is 0. The molecule has 0 aromatic carbocycles. The standard InChI is InChI=1S/C21H29FO2S2/c1-4-26-20(25)10-8-15-16-6-5-13-11-14(23)7-9-18(13,2)21(16,22)17(24)12-19(15,20)3/h7,9,11,15-17,24-25H,4-6,8,10,12H2,1-3H3/t15-,16-,17-,18-,19-,20-,21?/m0/s1. The van der Waals surface area contributed by atoms with E-state index in [1.165, 1.54) is 6.08 Å². The van der Waals surface area contributed by atoms with Gasteiger partial charge in [0, 0.05) is 11.3 Å². The molecule has 1 unspecified atom stereocenters. The molecule has 3 fully saturated rings. The molecule has 0 spiro atoms. The molecular weight excluding hydrogens is 367 g/mol. The van der Waals surface area contributed by atoms with Crippen LogP contribution in [0.3, 0.4) is 0 Å². The lowest BCUT2D eigenvalue weighted by Crippen LogP contribution is -2.67. The van der Waals surface area contributed by atoms with Gasteiger partial charge in [0.15, 0.2) is 11.5 Å². The number of carbonyl (C=O) groups is 1. The summed E-state index contributed by atoms with van der Waals surface area (Å²) in [7, 11) is 0. The SMILES string of the molecule is CCS[C@@]1(S)CC[C@H]2[C@@H]3CCC4=CC(=O)C=C[C@]4(C)C3(F)[C@@H](O)C[C@@]21C. The van der Waals surface area contributed by atoms with Gasteiger partial charge in [-0.15, -0.1) is 11.8 Å². The number of aliphatic hydroxyl groups excluding tert-OH is 1. The summed E-state index contributed by atoms with van der Waals surface area (Å²) in [5, 5.41) is 11.2. The van der Waals surface area contributed by atoms with E-state index in [1.807, 2.05) is 18.7 Å². The number of aliphatic hydroxyl groups is 1. The van der Waals surface area contributed by atoms with Crippen molar-refractivity contribution in [2.24, 2.45) is 22.7 Å². The number of fused-ring (bicyclic) bond motifs is 5. The third-order valence-corrected chi connectivity index (χ3v) is 10.7. The summed E-state index contributed by atoms with van der Waals surface area (Å²) in [4.78, 5) is 11.8. The Kier molecular flexibility index (Phi) is 4.31. The van der Waals surface area contributed by atoms with Crippen molar-refractivity contribution in [2.75, 3.05) is 5.75 Å². The first-order valence-corrected chi connectivity index (χ1v) is 11.2. The lowest BCUT2D eigenvalue weighted by molar-refractivity contribution is -0.189. The van der Waals surface area contributed by atoms with E-state index in [4.69, 9.17) is 12.6 Å². The fraction of sp³-hybridized carbons (Fsp3) is 0.762. The molecule has 5 heteroatoms. The van der Waals surface area contributed by atoms with E-state index in [1.54, 1.807) is 12.2 Å². The molecule has 0 bridgehead atoms. The van der Waals surface area contributed by atoms with Crippen LogP contribution in [-0.2, 0) is 4.79 Å². The zero-order chi connectivity index (χ0) is 19.0. The predicted octanol–water partition coefficient (Wildman–Crippen LogP) is 4.74. The number of halogens is 1. The minimum atomic E-state index is -1.71. The lowest BCUT2D eigenvalue weighted by Gasteiger charge is -2.63. The van der Waals surface area contributed by atoms with Crippen molar-refractivity contribution in [1.29, 1.82) is 0 Å². The van der Waals surface area contributed by atoms with Crippen molar-refractivity contribution in [2.45, 2.75) is 68.7 Å². The van der Waals surface area contributed by atoms with Gasteiger partial charge in [0.1, 0.15) is 0 Å². The molecule has 1 N–H and O–H groups in total. The summed E-state index contributed by atoms with van der Waals surface area (Å²) in [5.74, 6) is 0.937. The number of thiol groups is 1. The Morgan fingerprint density at radius 2 is 2.08 bits per heavy atom. The van der Waals surface area contributed by atoms with Crippen LogP contribution in [0, 0.1) is 22.7 Å². The third-order valence-electron chi connectivity index (χ3n) is 8.10. The molecule has 4 aliphatic rings. The Bertz CT molecular complexity index is 706. The molecule has 4 aliphatic carbocycles. The second kappa shape index (κ2) is 5.87. The Balaban J connectivity index is 1.79. The van der Waals surface area contributed by atoms with Crippen LogP contribution in [0.4, 0.5) is 4.39 Å². The maximum atomic E-state index is 16.8. The van der Waals surface area contributed by atoms with Crippen molar-refractivity contribution in [3.63, 3.8) is 0 Å². The molecule has 0 aromatic heterocycles. The number of hydrogen-bond donors (Lipinski definition) is 2. The quantitative estimate of drug-likeness (QED) is 0.523. The van der Waals surface area contributed by atoms with Gasteiger partial charge in [0.25, 0.3) is 0 Å². The predicted molar refractivity (Wildman–Crippen MR) is 108 cm³/mol. The summed E-state index contributed by atoms with van der Waals surface area (Å²) < 4.78 is 16.6. The number of hydrogen-bond acceptors (Lipinski definition) is 4. The number of allylic oxidation sites excluding steroid dienone is 4. The minimum Gasteiger partial charge on any atom is -0.390 e. The van der Waals surface area contributed by atoms with Crippen LogP contribution >= 0.6 is 24.4 Å². The molecule has 0 saturated heterocycles. The highest BCUT2D eigenvalue weighted by molar-refractivity contribution is 8.11. The Morgan fingerprint density at radius 1 is 1.35 bits per heavy atom. The average Bonchev–Trinajstić information content (AvgIpc) is 2.82. The largest absolute Gasteiger partial charge is 0.390 e. The first kappa shape index (κ1) is 19.1. The third kappa shape index (κ3) is 2.14. The molecule has 0 aromatic rings. The Morgan fingerprint density at radius 3 is 2.77 bits per heavy atom. The summed E-state index contributed by atoms with van der Waals surface area (Å²) in [5.41, 5.74) is -1.93. The van der Waals surface area contributed by atoms with Gasteiger partial charge >= 0.3 is 0 Å². The normalized spacial score (nSPS) is 52.9. The van der Waals surface area contributed by atoms with Gasteiger partial charge in [-0.3, -0.25) is 4.79 Å². The second-order valence-electron chi connectivity index (χ2n) is 9.02. The summed E-state index contributed by atoms with van der Waals surface area (Å²) >= 11 is 6.93. The van der Waals surface area contributed by atoms with E-state index in [9.17, 15) is 9.90 Å². The van der Waals surface area contributed by atoms with E-state index in [2.05, 4.69) is 13.8 Å². The van der Waals surface area contributed by atoms with Crippen LogP contribution in [0.1, 0.15) is 52.9 Å². The van der Waals surface area contributed by atoms with Gasteiger partial charge in [-0.25, -0.2) is 4.39 Å². The number of ketones is 1. The van der Waals surface area contributed by atoms with E-state index in [0.29, 0.717) is 12.8 Å². The van der Waals surface area contributed by atoms with Crippen molar-refractivity contribution < 1.29 is 14.3 Å². The van der Waals surface area contributed by atoms with E-state index < -0.39 is 17.2 Å². The molecule has 7 atom stereocenters. The zero-order valence-corrected chi connectivity index (χ0v) is 17.5. The average molecular weight is 397 g/mol.